The number of rotatable bonds is 4. The average molecular weight is 431 g/mol. The summed E-state index contributed by atoms with van der Waals surface area (Å²) in [7, 11) is 0. The number of nitrogens with two attached hydrogens (primary N) is 1. The number of pyridine rings is 1. The van der Waals surface area contributed by atoms with Crippen molar-refractivity contribution in [2.45, 2.75) is 34.6 Å². The highest BCUT2D eigenvalue weighted by Crippen LogP contribution is 2.35. The molecule has 0 aliphatic carbocycles. The maximum absolute atomic E-state index is 10.5. The summed E-state index contributed by atoms with van der Waals surface area (Å²) in [6.45, 7) is 14.2. The number of anilines is 2. The number of aryl methyl sites for hydroxylation is 1. The topological polar surface area (TPSA) is 102 Å². The second-order valence-corrected chi connectivity index (χ2v) is 8.45. The largest absolute Gasteiger partial charge is 0.507 e. The molecule has 0 saturated carbocycles. The van der Waals surface area contributed by atoms with Crippen LogP contribution in [0.2, 0.25) is 0 Å². The molecule has 32 heavy (non-hydrogen) atoms. The van der Waals surface area contributed by atoms with Crippen LogP contribution in [0.4, 0.5) is 11.6 Å². The van der Waals surface area contributed by atoms with E-state index in [1.807, 2.05) is 42.8 Å². The van der Waals surface area contributed by atoms with E-state index in [1.165, 1.54) is 6.07 Å². The minimum atomic E-state index is 0.0325. The Morgan fingerprint density at radius 2 is 1.84 bits per heavy atom. The van der Waals surface area contributed by atoms with Crippen molar-refractivity contribution in [3.05, 3.63) is 66.5 Å². The second-order valence-electron chi connectivity index (χ2n) is 8.45. The third-order valence-corrected chi connectivity index (χ3v) is 4.33. The van der Waals surface area contributed by atoms with Gasteiger partial charge in [-0.1, -0.05) is 33.4 Å². The maximum Gasteiger partial charge on any atom is 0.233 e. The van der Waals surface area contributed by atoms with Crippen molar-refractivity contribution in [2.75, 3.05) is 11.1 Å². The third kappa shape index (κ3) is 5.06. The van der Waals surface area contributed by atoms with Gasteiger partial charge in [0.05, 0.1) is 16.8 Å². The standard InChI is InChI=1S/C21H20N6O.C4H10/c1-12(2)24-21-26-25-20(15-8-7-14(22)10-19(15)28)27(21)18-6-4-5-17-16(18)9-13(3)11-23-17;1-4(2)3/h4-11,28H,1,22H2,2-3H3,(H,24,26);4H,1-3H3. The van der Waals surface area contributed by atoms with E-state index >= 15 is 0 Å². The molecule has 0 atom stereocenters. The van der Waals surface area contributed by atoms with Gasteiger partial charge in [-0.3, -0.25) is 9.55 Å². The molecule has 0 aliphatic heterocycles. The molecule has 2 aromatic carbocycles. The summed E-state index contributed by atoms with van der Waals surface area (Å²) >= 11 is 0. The van der Waals surface area contributed by atoms with Gasteiger partial charge in [0, 0.05) is 29.0 Å². The van der Waals surface area contributed by atoms with Gasteiger partial charge < -0.3 is 16.2 Å². The minimum Gasteiger partial charge on any atom is -0.507 e. The number of benzene rings is 2. The van der Waals surface area contributed by atoms with Crippen LogP contribution in [0.15, 0.2) is 60.9 Å². The monoisotopic (exact) mass is 430 g/mol. The van der Waals surface area contributed by atoms with E-state index in [9.17, 15) is 5.11 Å². The minimum absolute atomic E-state index is 0.0325. The van der Waals surface area contributed by atoms with Gasteiger partial charge in [0.25, 0.3) is 0 Å². The van der Waals surface area contributed by atoms with Crippen LogP contribution < -0.4 is 11.1 Å². The molecule has 4 aromatic rings. The van der Waals surface area contributed by atoms with Gasteiger partial charge in [0.1, 0.15) is 5.75 Å². The Morgan fingerprint density at radius 1 is 1.12 bits per heavy atom. The molecule has 0 aliphatic rings. The molecule has 2 heterocycles. The molecule has 0 amide bonds. The Balaban J connectivity index is 0.000000668. The molecule has 7 nitrogen and oxygen atoms in total. The zero-order valence-electron chi connectivity index (χ0n) is 19.2. The lowest BCUT2D eigenvalue weighted by Crippen LogP contribution is -2.06. The Labute approximate surface area is 188 Å². The van der Waals surface area contributed by atoms with Crippen LogP contribution in [-0.4, -0.2) is 24.9 Å². The Kier molecular flexibility index (Phi) is 6.78. The summed E-state index contributed by atoms with van der Waals surface area (Å²) in [6.07, 6.45) is 1.83. The maximum atomic E-state index is 10.5. The predicted molar refractivity (Wildman–Crippen MR) is 132 cm³/mol. The molecular formula is C25H30N6O. The van der Waals surface area contributed by atoms with Gasteiger partial charge in [-0.15, -0.1) is 10.2 Å². The summed E-state index contributed by atoms with van der Waals surface area (Å²) in [6, 6.07) is 12.9. The van der Waals surface area contributed by atoms with Crippen LogP contribution in [0.5, 0.6) is 5.75 Å². The summed E-state index contributed by atoms with van der Waals surface area (Å²) in [5.41, 5.74) is 10.2. The van der Waals surface area contributed by atoms with Crippen molar-refractivity contribution in [2.24, 2.45) is 5.92 Å². The first-order valence-electron chi connectivity index (χ1n) is 10.5. The van der Waals surface area contributed by atoms with Crippen LogP contribution >= 0.6 is 0 Å². The molecule has 0 bridgehead atoms. The molecule has 0 saturated heterocycles. The van der Waals surface area contributed by atoms with E-state index in [0.717, 1.165) is 33.8 Å². The van der Waals surface area contributed by atoms with E-state index in [-0.39, 0.29) is 5.75 Å². The Bertz CT molecular complexity index is 1260. The number of fused-ring (bicyclic) bond motifs is 1. The van der Waals surface area contributed by atoms with E-state index in [1.54, 1.807) is 12.1 Å². The van der Waals surface area contributed by atoms with Crippen LogP contribution in [-0.2, 0) is 0 Å². The highest BCUT2D eigenvalue weighted by Gasteiger charge is 2.20. The lowest BCUT2D eigenvalue weighted by atomic mass is 10.1. The third-order valence-electron chi connectivity index (χ3n) is 4.33. The fourth-order valence-corrected chi connectivity index (χ4v) is 3.13. The first kappa shape index (κ1) is 22.8. The van der Waals surface area contributed by atoms with Crippen molar-refractivity contribution < 1.29 is 5.11 Å². The molecule has 2 aromatic heterocycles. The normalized spacial score (nSPS) is 10.7. The molecule has 0 fully saturated rings. The van der Waals surface area contributed by atoms with Crippen molar-refractivity contribution in [1.82, 2.24) is 19.7 Å². The number of phenolic OH excluding ortho intramolecular Hbond substituents is 1. The zero-order valence-corrected chi connectivity index (χ0v) is 19.2. The molecule has 0 unspecified atom stereocenters. The molecule has 0 radical (unpaired) electrons. The number of phenols is 1. The number of nitrogens with one attached hydrogen (secondary N) is 1. The van der Waals surface area contributed by atoms with Gasteiger partial charge >= 0.3 is 0 Å². The Hall–Kier alpha value is -3.87. The fraction of sp³-hybridized carbons (Fsp3) is 0.240. The zero-order chi connectivity index (χ0) is 23.4. The fourth-order valence-electron chi connectivity index (χ4n) is 3.13. The lowest BCUT2D eigenvalue weighted by Gasteiger charge is -2.15. The van der Waals surface area contributed by atoms with Gasteiger partial charge in [-0.05, 0) is 55.7 Å². The number of hydrogen-bond donors (Lipinski definition) is 3. The highest BCUT2D eigenvalue weighted by atomic mass is 16.3. The molecular weight excluding hydrogens is 400 g/mol. The van der Waals surface area contributed by atoms with Gasteiger partial charge in [0.2, 0.25) is 5.95 Å². The van der Waals surface area contributed by atoms with Crippen molar-refractivity contribution in [3.63, 3.8) is 0 Å². The summed E-state index contributed by atoms with van der Waals surface area (Å²) in [5.74, 6) is 1.84. The van der Waals surface area contributed by atoms with Crippen LogP contribution in [0.3, 0.4) is 0 Å². The van der Waals surface area contributed by atoms with Crippen molar-refractivity contribution in [3.8, 4) is 22.8 Å². The summed E-state index contributed by atoms with van der Waals surface area (Å²) in [5, 5.41) is 23.1. The lowest BCUT2D eigenvalue weighted by molar-refractivity contribution is 0.477. The van der Waals surface area contributed by atoms with Gasteiger partial charge in [-0.2, -0.15) is 0 Å². The number of nitrogens with zero attached hydrogens (tertiary/aromatic N) is 4. The number of hydrogen-bond acceptors (Lipinski definition) is 6. The number of aromatic hydroxyl groups is 1. The number of aromatic nitrogens is 4. The van der Waals surface area contributed by atoms with Crippen LogP contribution in [0.1, 0.15) is 33.3 Å². The van der Waals surface area contributed by atoms with Crippen LogP contribution in [0, 0.1) is 12.8 Å². The molecule has 4 rings (SSSR count). The van der Waals surface area contributed by atoms with E-state index in [0.29, 0.717) is 23.0 Å². The van der Waals surface area contributed by atoms with E-state index in [4.69, 9.17) is 5.73 Å². The van der Waals surface area contributed by atoms with E-state index < -0.39 is 0 Å². The van der Waals surface area contributed by atoms with Gasteiger partial charge in [-0.25, -0.2) is 0 Å². The molecule has 166 valence electrons. The smallest absolute Gasteiger partial charge is 0.233 e. The first-order valence-corrected chi connectivity index (χ1v) is 10.5. The van der Waals surface area contributed by atoms with Crippen LogP contribution in [0.25, 0.3) is 28.0 Å². The average Bonchev–Trinajstić information content (AvgIpc) is 3.09. The second kappa shape index (κ2) is 9.51. The predicted octanol–water partition coefficient (Wildman–Crippen LogP) is 5.69. The molecule has 7 heteroatoms. The Morgan fingerprint density at radius 3 is 2.50 bits per heavy atom. The molecule has 4 N–H and O–H groups in total. The van der Waals surface area contributed by atoms with Gasteiger partial charge in [0.15, 0.2) is 5.82 Å². The van der Waals surface area contributed by atoms with Crippen molar-refractivity contribution >= 4 is 22.5 Å². The quantitative estimate of drug-likeness (QED) is 0.360. The van der Waals surface area contributed by atoms with E-state index in [2.05, 4.69) is 53.9 Å². The highest BCUT2D eigenvalue weighted by molar-refractivity contribution is 5.89. The first-order chi connectivity index (χ1) is 15.2. The summed E-state index contributed by atoms with van der Waals surface area (Å²) < 4.78 is 1.85. The summed E-state index contributed by atoms with van der Waals surface area (Å²) in [4.78, 5) is 4.52. The van der Waals surface area contributed by atoms with Crippen molar-refractivity contribution in [1.29, 1.82) is 0 Å². The number of nitrogen functional groups attached to an aromatic ring is 1. The number of allylic oxidation sites excluding steroid dienone is 1. The molecule has 0 spiro atoms. The SMILES string of the molecule is C=C(C)Nc1nnc(-c2ccc(N)cc2O)n1-c1cccc2ncc(C)cc12.CC(C)C.